The first-order chi connectivity index (χ1) is 15.9. The number of rotatable bonds is 8. The number of allylic oxidation sites excluding steroid dienone is 2. The van der Waals surface area contributed by atoms with E-state index in [9.17, 15) is 22.8 Å². The Morgan fingerprint density at radius 2 is 1.94 bits per heavy atom. The summed E-state index contributed by atoms with van der Waals surface area (Å²) in [6.07, 6.45) is -0.256. The third kappa shape index (κ3) is 6.07. The third-order valence-electron chi connectivity index (χ3n) is 5.75. The minimum absolute atomic E-state index is 0.0886. The first-order valence-electron chi connectivity index (χ1n) is 10.8. The lowest BCUT2D eigenvalue weighted by Gasteiger charge is -2.32. The largest absolute Gasteiger partial charge is 0.464 e. The van der Waals surface area contributed by atoms with Crippen LogP contribution in [0.25, 0.3) is 0 Å². The van der Waals surface area contributed by atoms with Crippen molar-refractivity contribution in [2.75, 3.05) is 13.2 Å². The smallest absolute Gasteiger partial charge is 0.416 e. The Bertz CT molecular complexity index is 1070. The number of carbonyl (C=O) groups is 2. The molecule has 2 unspecified atom stereocenters. The molecule has 2 atom stereocenters. The Hall–Kier alpha value is -2.65. The lowest BCUT2D eigenvalue weighted by Crippen LogP contribution is -2.34. The Labute approximate surface area is 200 Å². The number of hydrogen-bond donors (Lipinski definition) is 0. The van der Waals surface area contributed by atoms with Gasteiger partial charge in [0.05, 0.1) is 23.0 Å². The van der Waals surface area contributed by atoms with Crippen molar-refractivity contribution in [2.24, 2.45) is 4.99 Å². The molecule has 0 bridgehead atoms. The Balaban J connectivity index is 1.60. The molecule has 1 heterocycles. The molecule has 1 aromatic carbocycles. The first-order valence-corrected chi connectivity index (χ1v) is 11.6. The molecule has 5 nitrogen and oxygen atoms in total. The molecule has 0 radical (unpaired) electrons. The van der Waals surface area contributed by atoms with Crippen LogP contribution in [0.15, 0.2) is 64.8 Å². The highest BCUT2D eigenvalue weighted by molar-refractivity contribution is 8.15. The minimum atomic E-state index is -4.40. The maximum Gasteiger partial charge on any atom is 0.416 e. The second-order valence-electron chi connectivity index (χ2n) is 8.23. The van der Waals surface area contributed by atoms with Gasteiger partial charge in [0.1, 0.15) is 11.7 Å². The average molecular weight is 494 g/mol. The monoisotopic (exact) mass is 493 g/mol. The maximum absolute atomic E-state index is 12.9. The van der Waals surface area contributed by atoms with Crippen molar-refractivity contribution in [2.45, 2.75) is 50.6 Å². The van der Waals surface area contributed by atoms with E-state index >= 15 is 0 Å². The molecular formula is C25H26F3NO4S. The molecule has 3 rings (SSSR count). The van der Waals surface area contributed by atoms with Crippen LogP contribution in [0.2, 0.25) is 0 Å². The number of alkyl halides is 3. The van der Waals surface area contributed by atoms with E-state index in [-0.39, 0.29) is 30.7 Å². The van der Waals surface area contributed by atoms with E-state index in [4.69, 9.17) is 9.47 Å². The quantitative estimate of drug-likeness (QED) is 0.438. The van der Waals surface area contributed by atoms with Crippen LogP contribution in [0, 0.1) is 0 Å². The molecule has 0 aromatic heterocycles. The molecule has 1 aliphatic carbocycles. The number of carbonyl (C=O) groups excluding carboxylic acids is 2. The number of thioether (sulfide) groups is 1. The van der Waals surface area contributed by atoms with E-state index in [0.29, 0.717) is 28.3 Å². The van der Waals surface area contributed by atoms with Crippen LogP contribution >= 0.6 is 11.8 Å². The van der Waals surface area contributed by atoms with Gasteiger partial charge in [-0.15, -0.1) is 0 Å². The highest BCUT2D eigenvalue weighted by atomic mass is 32.2. The van der Waals surface area contributed by atoms with Gasteiger partial charge in [0.25, 0.3) is 0 Å². The van der Waals surface area contributed by atoms with Crippen LogP contribution < -0.4 is 0 Å². The second-order valence-corrected chi connectivity index (χ2v) is 9.42. The van der Waals surface area contributed by atoms with Gasteiger partial charge < -0.3 is 9.47 Å². The number of halogens is 3. The van der Waals surface area contributed by atoms with Gasteiger partial charge in [-0.05, 0) is 51.0 Å². The molecule has 0 fully saturated rings. The van der Waals surface area contributed by atoms with Gasteiger partial charge >= 0.3 is 12.1 Å². The first kappa shape index (κ1) is 26.0. The SMILES string of the molecule is C=C1N=C(c2ccc(C(F)(F)F)cc2)SC1CC(=O)C1=CCC(C)(OCC(=O)OCC)C(C)=C1. The third-order valence-corrected chi connectivity index (χ3v) is 7.03. The zero-order chi connectivity index (χ0) is 25.1. The summed E-state index contributed by atoms with van der Waals surface area (Å²) in [5, 5.41) is 0.244. The van der Waals surface area contributed by atoms with E-state index in [0.717, 1.165) is 17.7 Å². The number of aliphatic imine (C=N–C) groups is 1. The molecule has 182 valence electrons. The maximum atomic E-state index is 12.9. The van der Waals surface area contributed by atoms with Crippen molar-refractivity contribution in [1.82, 2.24) is 0 Å². The van der Waals surface area contributed by atoms with Crippen molar-refractivity contribution in [1.29, 1.82) is 0 Å². The molecule has 1 aliphatic heterocycles. The second kappa shape index (κ2) is 10.3. The fraction of sp³-hybridized carbons (Fsp3) is 0.400. The zero-order valence-electron chi connectivity index (χ0n) is 19.2. The van der Waals surface area contributed by atoms with Gasteiger partial charge in [-0.1, -0.05) is 36.5 Å². The van der Waals surface area contributed by atoms with E-state index in [1.807, 2.05) is 13.8 Å². The van der Waals surface area contributed by atoms with Crippen LogP contribution in [0.5, 0.6) is 0 Å². The molecule has 0 spiro atoms. The molecule has 9 heteroatoms. The summed E-state index contributed by atoms with van der Waals surface area (Å²) >= 11 is 1.32. The fourth-order valence-electron chi connectivity index (χ4n) is 3.51. The van der Waals surface area contributed by atoms with Crippen LogP contribution in [0.4, 0.5) is 13.2 Å². The highest BCUT2D eigenvalue weighted by Crippen LogP contribution is 2.37. The van der Waals surface area contributed by atoms with Gasteiger partial charge in [-0.2, -0.15) is 13.2 Å². The van der Waals surface area contributed by atoms with E-state index in [1.54, 1.807) is 19.1 Å². The number of hydrogen-bond acceptors (Lipinski definition) is 6. The lowest BCUT2D eigenvalue weighted by atomic mass is 9.84. The Kier molecular flexibility index (Phi) is 7.88. The number of ether oxygens (including phenoxy) is 2. The summed E-state index contributed by atoms with van der Waals surface area (Å²) in [6.45, 7) is 9.46. The molecular weight excluding hydrogens is 467 g/mol. The van der Waals surface area contributed by atoms with Crippen molar-refractivity contribution in [3.63, 3.8) is 0 Å². The van der Waals surface area contributed by atoms with E-state index < -0.39 is 23.3 Å². The minimum Gasteiger partial charge on any atom is -0.464 e. The summed E-state index contributed by atoms with van der Waals surface area (Å²) in [5.41, 5.74) is 0.994. The zero-order valence-corrected chi connectivity index (χ0v) is 20.0. The molecule has 34 heavy (non-hydrogen) atoms. The van der Waals surface area contributed by atoms with Gasteiger partial charge in [-0.3, -0.25) is 4.79 Å². The standard InChI is InChI=1S/C25H26F3NO4S/c1-5-32-22(31)14-33-24(4)11-10-18(12-15(24)2)20(30)13-21-16(3)29-23(34-21)17-6-8-19(9-7-17)25(26,27)28/h6-10,12,21H,3,5,11,13-14H2,1-2,4H3. The predicted octanol–water partition coefficient (Wildman–Crippen LogP) is 5.66. The number of nitrogens with zero attached hydrogens (tertiary/aromatic N) is 1. The van der Waals surface area contributed by atoms with Crippen LogP contribution in [0.1, 0.15) is 44.7 Å². The van der Waals surface area contributed by atoms with Crippen molar-refractivity contribution < 1.29 is 32.2 Å². The number of esters is 1. The highest BCUT2D eigenvalue weighted by Gasteiger charge is 2.34. The van der Waals surface area contributed by atoms with E-state index in [2.05, 4.69) is 11.6 Å². The molecule has 0 N–H and O–H groups in total. The molecule has 0 saturated heterocycles. The lowest BCUT2D eigenvalue weighted by molar-refractivity contribution is -0.153. The number of Topliss-reactive ketones (excluding diaryl/α,β-unsaturated/α-hetero) is 1. The van der Waals surface area contributed by atoms with Crippen LogP contribution in [-0.2, 0) is 25.2 Å². The number of benzene rings is 1. The molecule has 1 aromatic rings. The summed E-state index contributed by atoms with van der Waals surface area (Å²) in [7, 11) is 0. The van der Waals surface area contributed by atoms with Gasteiger partial charge in [0, 0.05) is 23.3 Å². The molecule has 0 amide bonds. The molecule has 0 saturated carbocycles. The van der Waals surface area contributed by atoms with Crippen molar-refractivity contribution in [3.05, 3.63) is 71.0 Å². The Morgan fingerprint density at radius 3 is 2.53 bits per heavy atom. The average Bonchev–Trinajstić information content (AvgIpc) is 3.14. The Morgan fingerprint density at radius 1 is 1.26 bits per heavy atom. The fourth-order valence-corrected chi connectivity index (χ4v) is 4.65. The van der Waals surface area contributed by atoms with Crippen LogP contribution in [0.3, 0.4) is 0 Å². The summed E-state index contributed by atoms with van der Waals surface area (Å²) < 4.78 is 49.1. The summed E-state index contributed by atoms with van der Waals surface area (Å²) in [5.74, 6) is -0.530. The van der Waals surface area contributed by atoms with E-state index in [1.165, 1.54) is 23.9 Å². The van der Waals surface area contributed by atoms with Gasteiger partial charge in [-0.25, -0.2) is 9.79 Å². The predicted molar refractivity (Wildman–Crippen MR) is 126 cm³/mol. The number of ketones is 1. The van der Waals surface area contributed by atoms with Crippen molar-refractivity contribution in [3.8, 4) is 0 Å². The normalized spacial score (nSPS) is 22.7. The molecule has 2 aliphatic rings. The topological polar surface area (TPSA) is 65.0 Å². The summed E-state index contributed by atoms with van der Waals surface area (Å²) in [6, 6.07) is 4.78. The van der Waals surface area contributed by atoms with Crippen molar-refractivity contribution >= 4 is 28.6 Å². The van der Waals surface area contributed by atoms with Gasteiger partial charge in [0.2, 0.25) is 0 Å². The van der Waals surface area contributed by atoms with Gasteiger partial charge in [0.15, 0.2) is 5.78 Å². The van der Waals surface area contributed by atoms with Crippen LogP contribution in [-0.4, -0.2) is 40.9 Å². The summed E-state index contributed by atoms with van der Waals surface area (Å²) in [4.78, 5) is 28.9.